The van der Waals surface area contributed by atoms with Gasteiger partial charge in [-0.15, -0.1) is 0 Å². The molecule has 0 radical (unpaired) electrons. The number of hydrogen-bond donors (Lipinski definition) is 0. The Kier molecular flexibility index (Phi) is 5.58. The Morgan fingerprint density at radius 3 is 2.07 bits per heavy atom. The summed E-state index contributed by atoms with van der Waals surface area (Å²) in [6.45, 7) is 4.69. The van der Waals surface area contributed by atoms with Crippen molar-refractivity contribution < 1.29 is 4.42 Å². The van der Waals surface area contributed by atoms with E-state index in [9.17, 15) is 0 Å². The number of para-hydroxylation sites is 1. The van der Waals surface area contributed by atoms with Crippen LogP contribution in [0.15, 0.2) is 156 Å². The minimum absolute atomic E-state index is 0.0989. The van der Waals surface area contributed by atoms with E-state index in [1.54, 1.807) is 0 Å². The first-order chi connectivity index (χ1) is 22.1. The van der Waals surface area contributed by atoms with Crippen molar-refractivity contribution in [3.8, 4) is 22.3 Å². The van der Waals surface area contributed by atoms with Gasteiger partial charge in [0.25, 0.3) is 0 Å². The minimum Gasteiger partial charge on any atom is -0.455 e. The van der Waals surface area contributed by atoms with Crippen LogP contribution in [0, 0.1) is 0 Å². The van der Waals surface area contributed by atoms with Gasteiger partial charge in [0.15, 0.2) is 0 Å². The number of nitrogens with zero attached hydrogens (tertiary/aromatic N) is 1. The highest BCUT2D eigenvalue weighted by atomic mass is 16.3. The van der Waals surface area contributed by atoms with Crippen molar-refractivity contribution in [3.63, 3.8) is 0 Å². The third kappa shape index (κ3) is 3.89. The van der Waals surface area contributed by atoms with E-state index in [0.29, 0.717) is 0 Å². The highest BCUT2D eigenvalue weighted by Gasteiger charge is 2.35. The third-order valence-electron chi connectivity index (χ3n) is 9.66. The average molecular weight is 578 g/mol. The van der Waals surface area contributed by atoms with Gasteiger partial charge < -0.3 is 9.32 Å². The van der Waals surface area contributed by atoms with E-state index in [-0.39, 0.29) is 5.41 Å². The Morgan fingerprint density at radius 1 is 0.489 bits per heavy atom. The van der Waals surface area contributed by atoms with E-state index in [4.69, 9.17) is 4.42 Å². The summed E-state index contributed by atoms with van der Waals surface area (Å²) in [5, 5.41) is 4.57. The zero-order valence-electron chi connectivity index (χ0n) is 25.3. The van der Waals surface area contributed by atoms with E-state index < -0.39 is 0 Å². The minimum atomic E-state index is -0.0989. The first-order valence-corrected chi connectivity index (χ1v) is 15.6. The summed E-state index contributed by atoms with van der Waals surface area (Å²) < 4.78 is 6.51. The highest BCUT2D eigenvalue weighted by molar-refractivity contribution is 6.15. The summed E-state index contributed by atoms with van der Waals surface area (Å²) in [7, 11) is 0. The molecule has 2 heteroatoms. The molecule has 0 aliphatic heterocycles. The number of hydrogen-bond acceptors (Lipinski definition) is 2. The summed E-state index contributed by atoms with van der Waals surface area (Å²) in [4.78, 5) is 2.42. The number of fused-ring (bicyclic) bond motifs is 8. The quantitative estimate of drug-likeness (QED) is 0.207. The van der Waals surface area contributed by atoms with Crippen molar-refractivity contribution in [1.82, 2.24) is 0 Å². The Hall–Kier alpha value is -5.60. The molecule has 0 atom stereocenters. The molecule has 2 nitrogen and oxygen atoms in total. The highest BCUT2D eigenvalue weighted by Crippen LogP contribution is 2.51. The van der Waals surface area contributed by atoms with Crippen LogP contribution in [0.5, 0.6) is 0 Å². The van der Waals surface area contributed by atoms with Crippen molar-refractivity contribution >= 4 is 49.8 Å². The van der Waals surface area contributed by atoms with Crippen molar-refractivity contribution in [3.05, 3.63) is 163 Å². The standard InChI is InChI=1S/C43H31NO/c1-43(2)38-18-10-8-17-34(38)35-24-21-31(27-39(35)43)44(40-19-11-9-15-32(40)28-12-4-3-5-13-28)30-22-25-41-37(26-30)36-23-20-29-14-6-7-16-33(29)42(36)45-41/h3-27H,1-2H3. The van der Waals surface area contributed by atoms with Gasteiger partial charge in [-0.25, -0.2) is 0 Å². The summed E-state index contributed by atoms with van der Waals surface area (Å²) in [5.74, 6) is 0. The smallest absolute Gasteiger partial charge is 0.143 e. The molecule has 9 rings (SSSR count). The van der Waals surface area contributed by atoms with E-state index in [1.807, 2.05) is 0 Å². The van der Waals surface area contributed by atoms with Gasteiger partial charge in [-0.2, -0.15) is 0 Å². The first-order valence-electron chi connectivity index (χ1n) is 15.6. The van der Waals surface area contributed by atoms with Gasteiger partial charge >= 0.3 is 0 Å². The summed E-state index contributed by atoms with van der Waals surface area (Å²) in [5.41, 5.74) is 12.9. The molecule has 0 amide bonds. The number of anilines is 3. The van der Waals surface area contributed by atoms with Crippen LogP contribution in [0.4, 0.5) is 17.1 Å². The van der Waals surface area contributed by atoms with Gasteiger partial charge in [-0.1, -0.05) is 123 Å². The van der Waals surface area contributed by atoms with Gasteiger partial charge in [0, 0.05) is 38.5 Å². The molecule has 1 heterocycles. The second kappa shape index (κ2) is 9.70. The molecule has 45 heavy (non-hydrogen) atoms. The fraction of sp³-hybridized carbons (Fsp3) is 0.0698. The van der Waals surface area contributed by atoms with Gasteiger partial charge in [-0.3, -0.25) is 0 Å². The molecule has 8 aromatic rings. The largest absolute Gasteiger partial charge is 0.455 e. The second-order valence-electron chi connectivity index (χ2n) is 12.6. The summed E-state index contributed by atoms with van der Waals surface area (Å²) in [6.07, 6.45) is 0. The molecule has 0 fully saturated rings. The topological polar surface area (TPSA) is 16.4 Å². The van der Waals surface area contributed by atoms with Crippen LogP contribution in [0.1, 0.15) is 25.0 Å². The molecule has 0 spiro atoms. The van der Waals surface area contributed by atoms with Crippen LogP contribution in [0.3, 0.4) is 0 Å². The van der Waals surface area contributed by atoms with Gasteiger partial charge in [0.2, 0.25) is 0 Å². The maximum Gasteiger partial charge on any atom is 0.143 e. The van der Waals surface area contributed by atoms with Crippen molar-refractivity contribution in [1.29, 1.82) is 0 Å². The van der Waals surface area contributed by atoms with E-state index in [1.165, 1.54) is 38.8 Å². The van der Waals surface area contributed by atoms with Crippen LogP contribution >= 0.6 is 0 Å². The molecule has 1 aliphatic carbocycles. The van der Waals surface area contributed by atoms with E-state index in [0.717, 1.165) is 44.4 Å². The Morgan fingerprint density at radius 2 is 1.18 bits per heavy atom. The number of benzene rings is 7. The second-order valence-corrected chi connectivity index (χ2v) is 12.6. The van der Waals surface area contributed by atoms with E-state index in [2.05, 4.69) is 170 Å². The molecule has 0 saturated carbocycles. The zero-order valence-corrected chi connectivity index (χ0v) is 25.3. The van der Waals surface area contributed by atoms with Gasteiger partial charge in [0.05, 0.1) is 5.69 Å². The predicted octanol–water partition coefficient (Wildman–Crippen LogP) is 12.2. The molecular weight excluding hydrogens is 546 g/mol. The summed E-state index contributed by atoms with van der Waals surface area (Å²) in [6, 6.07) is 54.7. The van der Waals surface area contributed by atoms with Crippen LogP contribution in [0.2, 0.25) is 0 Å². The fourth-order valence-electron chi connectivity index (χ4n) is 7.42. The maximum atomic E-state index is 6.51. The van der Waals surface area contributed by atoms with Crippen molar-refractivity contribution in [2.24, 2.45) is 0 Å². The normalized spacial score (nSPS) is 13.3. The van der Waals surface area contributed by atoms with Crippen molar-refractivity contribution in [2.75, 3.05) is 4.90 Å². The third-order valence-corrected chi connectivity index (χ3v) is 9.66. The number of rotatable bonds is 4. The van der Waals surface area contributed by atoms with Crippen LogP contribution < -0.4 is 4.90 Å². The Bertz CT molecular complexity index is 2410. The summed E-state index contributed by atoms with van der Waals surface area (Å²) >= 11 is 0. The first kappa shape index (κ1) is 25.9. The molecule has 0 saturated heterocycles. The van der Waals surface area contributed by atoms with Gasteiger partial charge in [-0.05, 0) is 75.7 Å². The average Bonchev–Trinajstić information content (AvgIpc) is 3.58. The fourth-order valence-corrected chi connectivity index (χ4v) is 7.42. The van der Waals surface area contributed by atoms with Crippen LogP contribution in [0.25, 0.3) is 55.0 Å². The van der Waals surface area contributed by atoms with Crippen LogP contribution in [-0.2, 0) is 5.41 Å². The number of furan rings is 1. The lowest BCUT2D eigenvalue weighted by Crippen LogP contribution is -2.16. The molecule has 1 aromatic heterocycles. The van der Waals surface area contributed by atoms with Crippen LogP contribution in [-0.4, -0.2) is 0 Å². The molecule has 0 N–H and O–H groups in total. The lowest BCUT2D eigenvalue weighted by molar-refractivity contribution is 0.660. The molecule has 0 unspecified atom stereocenters. The molecule has 1 aliphatic rings. The van der Waals surface area contributed by atoms with E-state index >= 15 is 0 Å². The molecule has 214 valence electrons. The lowest BCUT2D eigenvalue weighted by atomic mass is 9.82. The zero-order chi connectivity index (χ0) is 30.1. The maximum absolute atomic E-state index is 6.51. The van der Waals surface area contributed by atoms with Gasteiger partial charge in [0.1, 0.15) is 11.2 Å². The molecule has 7 aromatic carbocycles. The molecule has 0 bridgehead atoms. The molecular formula is C43H31NO. The SMILES string of the molecule is CC1(C)c2ccccc2-c2ccc(N(c3ccc4oc5c6ccccc6ccc5c4c3)c3ccccc3-c3ccccc3)cc21. The van der Waals surface area contributed by atoms with Crippen molar-refractivity contribution in [2.45, 2.75) is 19.3 Å². The predicted molar refractivity (Wildman–Crippen MR) is 189 cm³/mol. The Labute approximate surface area is 262 Å². The lowest BCUT2D eigenvalue weighted by Gasteiger charge is -2.30. The Balaban J connectivity index is 1.30. The monoisotopic (exact) mass is 577 g/mol.